The monoisotopic (exact) mass is 289 g/mol. The van der Waals surface area contributed by atoms with Gasteiger partial charge in [-0.15, -0.1) is 0 Å². The van der Waals surface area contributed by atoms with Crippen LogP contribution in [0.3, 0.4) is 0 Å². The Kier molecular flexibility index (Phi) is 13.7. The lowest BCUT2D eigenvalue weighted by Gasteiger charge is -2.42. The van der Waals surface area contributed by atoms with Crippen molar-refractivity contribution in [3.63, 3.8) is 0 Å². The Morgan fingerprint density at radius 3 is 1.45 bits per heavy atom. The first-order valence-corrected chi connectivity index (χ1v) is 8.47. The molecule has 0 aliphatic heterocycles. The zero-order valence-corrected chi connectivity index (χ0v) is 13.4. The minimum atomic E-state index is -0.440. The first kappa shape index (κ1) is 19.8. The Morgan fingerprint density at radius 2 is 1.05 bits per heavy atom. The van der Waals surface area contributed by atoms with Gasteiger partial charge in [0, 0.05) is 0 Å². The third-order valence-corrected chi connectivity index (χ3v) is 3.93. The first-order chi connectivity index (χ1) is 9.68. The zero-order chi connectivity index (χ0) is 15.1. The van der Waals surface area contributed by atoms with Crippen molar-refractivity contribution in [2.45, 2.75) is 71.1 Å². The maximum Gasteiger partial charge on any atom is 0.102 e. The van der Waals surface area contributed by atoms with Crippen LogP contribution in [0.4, 0.5) is 0 Å². The predicted octanol–water partition coefficient (Wildman–Crippen LogP) is 3.21. The molecular weight excluding hydrogens is 254 g/mol. The summed E-state index contributed by atoms with van der Waals surface area (Å²) < 4.78 is -0.440. The summed E-state index contributed by atoms with van der Waals surface area (Å²) in [6.07, 6.45) is 12.5. The zero-order valence-electron chi connectivity index (χ0n) is 13.4. The number of unbranched alkanes of at least 4 members (excludes halogenated alkanes) is 9. The van der Waals surface area contributed by atoms with Gasteiger partial charge in [-0.3, -0.25) is 0 Å². The third kappa shape index (κ3) is 11.6. The largest absolute Gasteiger partial charge is 0.633 e. The standard InChI is InChI=1S/C16H35NO3/c1-2-3-4-5-6-7-8-9-10-11-12-17(20,13-15-18)14-16-19/h18-19H,2-16H2,1H3. The molecule has 0 bridgehead atoms. The molecule has 0 aliphatic rings. The van der Waals surface area contributed by atoms with Gasteiger partial charge in [-0.1, -0.05) is 58.3 Å². The lowest BCUT2D eigenvalue weighted by atomic mass is 10.1. The molecule has 0 unspecified atom stereocenters. The van der Waals surface area contributed by atoms with E-state index in [4.69, 9.17) is 10.2 Å². The van der Waals surface area contributed by atoms with E-state index in [1.165, 1.54) is 51.4 Å². The maximum absolute atomic E-state index is 12.2. The van der Waals surface area contributed by atoms with Crippen LogP contribution in [0.1, 0.15) is 71.1 Å². The highest BCUT2D eigenvalue weighted by Gasteiger charge is 2.14. The van der Waals surface area contributed by atoms with Crippen LogP contribution in [0.2, 0.25) is 0 Å². The molecule has 0 fully saturated rings. The van der Waals surface area contributed by atoms with Gasteiger partial charge in [0.1, 0.15) is 13.1 Å². The van der Waals surface area contributed by atoms with Gasteiger partial charge in [0.2, 0.25) is 0 Å². The highest BCUT2D eigenvalue weighted by Crippen LogP contribution is 2.12. The van der Waals surface area contributed by atoms with E-state index in [9.17, 15) is 5.21 Å². The van der Waals surface area contributed by atoms with Gasteiger partial charge in [-0.05, 0) is 12.8 Å². The average molecular weight is 289 g/mol. The van der Waals surface area contributed by atoms with Crippen LogP contribution in [0.5, 0.6) is 0 Å². The number of hydroxylamine groups is 3. The number of rotatable bonds is 15. The fourth-order valence-corrected chi connectivity index (χ4v) is 2.59. The normalized spacial score (nSPS) is 12.0. The predicted molar refractivity (Wildman–Crippen MR) is 84.2 cm³/mol. The molecule has 0 radical (unpaired) electrons. The molecule has 20 heavy (non-hydrogen) atoms. The van der Waals surface area contributed by atoms with Gasteiger partial charge in [0.05, 0.1) is 19.8 Å². The fourth-order valence-electron chi connectivity index (χ4n) is 2.59. The van der Waals surface area contributed by atoms with Crippen molar-refractivity contribution in [3.8, 4) is 0 Å². The van der Waals surface area contributed by atoms with E-state index in [0.29, 0.717) is 6.54 Å². The Hall–Kier alpha value is -0.160. The van der Waals surface area contributed by atoms with E-state index >= 15 is 0 Å². The van der Waals surface area contributed by atoms with Crippen molar-refractivity contribution in [3.05, 3.63) is 5.21 Å². The molecule has 0 saturated carbocycles. The Labute approximate surface area is 125 Å². The number of quaternary nitrogens is 1. The van der Waals surface area contributed by atoms with Crippen LogP contribution in [0.25, 0.3) is 0 Å². The smallest absolute Gasteiger partial charge is 0.102 e. The van der Waals surface area contributed by atoms with E-state index in [0.717, 1.165) is 12.8 Å². The van der Waals surface area contributed by atoms with Crippen molar-refractivity contribution in [1.29, 1.82) is 0 Å². The molecule has 0 saturated heterocycles. The summed E-state index contributed by atoms with van der Waals surface area (Å²) in [5.74, 6) is 0. The summed E-state index contributed by atoms with van der Waals surface area (Å²) in [5, 5.41) is 29.9. The number of nitrogens with zero attached hydrogens (tertiary/aromatic N) is 1. The van der Waals surface area contributed by atoms with Crippen molar-refractivity contribution in [2.75, 3.05) is 32.8 Å². The summed E-state index contributed by atoms with van der Waals surface area (Å²) in [5.41, 5.74) is 0. The Balaban J connectivity index is 3.41. The second kappa shape index (κ2) is 13.8. The molecule has 0 atom stereocenters. The molecule has 2 N–H and O–H groups in total. The first-order valence-electron chi connectivity index (χ1n) is 8.47. The third-order valence-electron chi connectivity index (χ3n) is 3.93. The molecular formula is C16H35NO3. The Morgan fingerprint density at radius 1 is 0.650 bits per heavy atom. The maximum atomic E-state index is 12.2. The van der Waals surface area contributed by atoms with Crippen molar-refractivity contribution in [1.82, 2.24) is 0 Å². The molecule has 0 aromatic carbocycles. The number of aliphatic hydroxyl groups is 2. The van der Waals surface area contributed by atoms with E-state index in [1.54, 1.807) is 0 Å². The number of hydrogen-bond acceptors (Lipinski definition) is 3. The summed E-state index contributed by atoms with van der Waals surface area (Å²) in [4.78, 5) is 0. The highest BCUT2D eigenvalue weighted by molar-refractivity contribution is 4.50. The molecule has 0 aromatic heterocycles. The van der Waals surface area contributed by atoms with Gasteiger partial charge >= 0.3 is 0 Å². The molecule has 122 valence electrons. The molecule has 0 amide bonds. The lowest BCUT2D eigenvalue weighted by molar-refractivity contribution is -0.881. The van der Waals surface area contributed by atoms with E-state index < -0.39 is 4.65 Å². The van der Waals surface area contributed by atoms with Crippen LogP contribution < -0.4 is 0 Å². The van der Waals surface area contributed by atoms with Gasteiger partial charge in [-0.25, -0.2) is 0 Å². The molecule has 4 heteroatoms. The van der Waals surface area contributed by atoms with Crippen LogP contribution in [-0.2, 0) is 0 Å². The quantitative estimate of drug-likeness (QED) is 0.276. The molecule has 0 aliphatic carbocycles. The van der Waals surface area contributed by atoms with Crippen LogP contribution in [-0.4, -0.2) is 47.7 Å². The van der Waals surface area contributed by atoms with Gasteiger partial charge in [0.15, 0.2) is 0 Å². The lowest BCUT2D eigenvalue weighted by Crippen LogP contribution is -2.47. The van der Waals surface area contributed by atoms with E-state index in [2.05, 4.69) is 6.92 Å². The van der Waals surface area contributed by atoms with Gasteiger partial charge in [-0.2, -0.15) is 0 Å². The summed E-state index contributed by atoms with van der Waals surface area (Å²) in [6, 6.07) is 0. The number of aliphatic hydroxyl groups excluding tert-OH is 2. The van der Waals surface area contributed by atoms with Gasteiger partial charge in [0.25, 0.3) is 0 Å². The van der Waals surface area contributed by atoms with Crippen LogP contribution >= 0.6 is 0 Å². The molecule has 0 spiro atoms. The minimum Gasteiger partial charge on any atom is -0.633 e. The van der Waals surface area contributed by atoms with E-state index in [-0.39, 0.29) is 26.3 Å². The second-order valence-corrected chi connectivity index (χ2v) is 5.86. The summed E-state index contributed by atoms with van der Waals surface area (Å²) in [7, 11) is 0. The minimum absolute atomic E-state index is 0.0960. The topological polar surface area (TPSA) is 63.5 Å². The molecule has 0 rings (SSSR count). The summed E-state index contributed by atoms with van der Waals surface area (Å²) >= 11 is 0. The number of hydrogen-bond donors (Lipinski definition) is 2. The summed E-state index contributed by atoms with van der Waals surface area (Å²) in [6.45, 7) is 2.98. The second-order valence-electron chi connectivity index (χ2n) is 5.86. The van der Waals surface area contributed by atoms with Crippen molar-refractivity contribution in [2.24, 2.45) is 0 Å². The SMILES string of the molecule is CCCCCCCCCCCC[N+]([O-])(CCO)CCO. The van der Waals surface area contributed by atoms with E-state index in [1.807, 2.05) is 0 Å². The molecule has 0 heterocycles. The highest BCUT2D eigenvalue weighted by atomic mass is 16.5. The molecule has 4 nitrogen and oxygen atoms in total. The van der Waals surface area contributed by atoms with Crippen molar-refractivity contribution >= 4 is 0 Å². The average Bonchev–Trinajstić information content (AvgIpc) is 2.41. The Bertz CT molecular complexity index is 194. The molecule has 0 aromatic rings. The van der Waals surface area contributed by atoms with Gasteiger partial charge < -0.3 is 20.1 Å². The van der Waals surface area contributed by atoms with Crippen LogP contribution in [0, 0.1) is 5.21 Å². The fraction of sp³-hybridized carbons (Fsp3) is 1.00. The van der Waals surface area contributed by atoms with Crippen molar-refractivity contribution < 1.29 is 14.9 Å². The van der Waals surface area contributed by atoms with Crippen LogP contribution in [0.15, 0.2) is 0 Å².